The molecule has 0 aromatic heterocycles. The van der Waals surface area contributed by atoms with Gasteiger partial charge in [0.1, 0.15) is 0 Å². The molecule has 5 atom stereocenters. The Labute approximate surface area is 145 Å². The first-order valence-electron chi connectivity index (χ1n) is 8.85. The van der Waals surface area contributed by atoms with Crippen LogP contribution < -0.4 is 0 Å². The second-order valence-corrected chi connectivity index (χ2v) is 7.06. The Morgan fingerprint density at radius 3 is 2.91 bits per heavy atom. The number of hydrogen-bond acceptors (Lipinski definition) is 3. The lowest BCUT2D eigenvalue weighted by Crippen LogP contribution is -2.22. The minimum absolute atomic E-state index is 0.117. The predicted molar refractivity (Wildman–Crippen MR) is 93.6 cm³/mol. The highest BCUT2D eigenvalue weighted by atomic mass is 35.5. The number of carbonyl (C=O) groups excluding carboxylic acids is 1. The van der Waals surface area contributed by atoms with E-state index in [0.29, 0.717) is 30.5 Å². The van der Waals surface area contributed by atoms with Gasteiger partial charge in [-0.2, -0.15) is 0 Å². The molecule has 1 aliphatic heterocycles. The molecule has 1 saturated carbocycles. The summed E-state index contributed by atoms with van der Waals surface area (Å²) in [5.74, 6) is 0.952. The smallest absolute Gasteiger partial charge is 0.305 e. The molecule has 0 bridgehead atoms. The van der Waals surface area contributed by atoms with Crippen LogP contribution in [-0.4, -0.2) is 30.7 Å². The lowest BCUT2D eigenvalue weighted by molar-refractivity contribution is -0.140. The van der Waals surface area contributed by atoms with Gasteiger partial charge < -0.3 is 9.47 Å². The fraction of sp³-hybridized carbons (Fsp3) is 0.737. The number of esters is 1. The van der Waals surface area contributed by atoms with E-state index in [0.717, 1.165) is 38.5 Å². The fourth-order valence-corrected chi connectivity index (χ4v) is 3.73. The Kier molecular flexibility index (Phi) is 7.64. The number of ether oxygens (including phenoxy) is 2. The van der Waals surface area contributed by atoms with E-state index in [4.69, 9.17) is 16.3 Å². The molecule has 0 aromatic rings. The molecular weight excluding hydrogens is 312 g/mol. The Hall–Kier alpha value is -0.800. The van der Waals surface area contributed by atoms with Crippen molar-refractivity contribution in [1.29, 1.82) is 0 Å². The molecule has 0 unspecified atom stereocenters. The van der Waals surface area contributed by atoms with Crippen LogP contribution in [0.4, 0.5) is 0 Å². The number of unbranched alkanes of at least 4 members (excludes halogenated alkanes) is 2. The van der Waals surface area contributed by atoms with Crippen LogP contribution in [0.25, 0.3) is 0 Å². The third-order valence-electron chi connectivity index (χ3n) is 4.88. The zero-order chi connectivity index (χ0) is 16.7. The summed E-state index contributed by atoms with van der Waals surface area (Å²) >= 11 is 6.46. The van der Waals surface area contributed by atoms with Gasteiger partial charge in [-0.1, -0.05) is 31.2 Å². The van der Waals surface area contributed by atoms with Crippen LogP contribution in [0.1, 0.15) is 51.9 Å². The van der Waals surface area contributed by atoms with E-state index in [2.05, 4.69) is 36.0 Å². The van der Waals surface area contributed by atoms with E-state index in [1.165, 1.54) is 7.11 Å². The fourth-order valence-electron chi connectivity index (χ4n) is 3.46. The van der Waals surface area contributed by atoms with Crippen LogP contribution in [0.5, 0.6) is 0 Å². The molecule has 0 spiro atoms. The van der Waals surface area contributed by atoms with E-state index >= 15 is 0 Å². The molecule has 3 nitrogen and oxygen atoms in total. The van der Waals surface area contributed by atoms with Crippen molar-refractivity contribution in [2.75, 3.05) is 7.11 Å². The standard InChI is InChI=1S/C19H29ClO3/c1-3-16(20)15-13-17-19(23-17)14(15)11-9-7-5-4-6-8-10-12-18(21)22-2/h4-5,9,11,14-17,19H,3,6-8,10,12-13H2,1-2H3/b5-4-,11-9-/t14-,15+,16-,17-,19+/m0/s1. The SMILES string of the molecule is CC[C@H](Cl)[C@@H]1C[C@@H]2O[C@@H]2[C@H]1/C=C\C/C=C\CCCCC(=O)OC. The van der Waals surface area contributed by atoms with Gasteiger partial charge in [-0.05, 0) is 44.4 Å². The van der Waals surface area contributed by atoms with Crippen molar-refractivity contribution in [2.45, 2.75) is 69.5 Å². The van der Waals surface area contributed by atoms with Gasteiger partial charge in [-0.3, -0.25) is 4.79 Å². The molecule has 0 aromatic carbocycles. The molecule has 23 heavy (non-hydrogen) atoms. The number of hydrogen-bond donors (Lipinski definition) is 0. The zero-order valence-corrected chi connectivity index (χ0v) is 15.0. The minimum atomic E-state index is -0.117. The third kappa shape index (κ3) is 5.65. The summed E-state index contributed by atoms with van der Waals surface area (Å²) in [6.45, 7) is 2.16. The van der Waals surface area contributed by atoms with Crippen LogP contribution >= 0.6 is 11.6 Å². The summed E-state index contributed by atoms with van der Waals surface area (Å²) in [7, 11) is 1.44. The maximum absolute atomic E-state index is 11.0. The monoisotopic (exact) mass is 340 g/mol. The normalized spacial score (nSPS) is 30.7. The zero-order valence-electron chi connectivity index (χ0n) is 14.2. The molecule has 0 N–H and O–H groups in total. The Morgan fingerprint density at radius 1 is 1.35 bits per heavy atom. The molecule has 2 fully saturated rings. The molecule has 1 aliphatic carbocycles. The average Bonchev–Trinajstić information content (AvgIpc) is 3.25. The molecule has 0 amide bonds. The van der Waals surface area contributed by atoms with Gasteiger partial charge in [0.15, 0.2) is 0 Å². The second-order valence-electron chi connectivity index (χ2n) is 6.50. The highest BCUT2D eigenvalue weighted by molar-refractivity contribution is 6.20. The minimum Gasteiger partial charge on any atom is -0.469 e. The average molecular weight is 341 g/mol. The van der Waals surface area contributed by atoms with Crippen LogP contribution in [0, 0.1) is 11.8 Å². The number of allylic oxidation sites excluding steroid dienone is 3. The summed E-state index contributed by atoms with van der Waals surface area (Å²) < 4.78 is 10.3. The molecule has 1 saturated heterocycles. The number of carbonyl (C=O) groups is 1. The number of fused-ring (bicyclic) bond motifs is 1. The van der Waals surface area contributed by atoms with E-state index in [9.17, 15) is 4.79 Å². The van der Waals surface area contributed by atoms with E-state index in [-0.39, 0.29) is 11.3 Å². The maximum atomic E-state index is 11.0. The molecule has 1 heterocycles. The molecule has 2 aliphatic rings. The van der Waals surface area contributed by atoms with Gasteiger partial charge in [0.25, 0.3) is 0 Å². The van der Waals surface area contributed by atoms with E-state index < -0.39 is 0 Å². The Bertz CT molecular complexity index is 432. The number of halogens is 1. The number of alkyl halides is 1. The van der Waals surface area contributed by atoms with Crippen molar-refractivity contribution in [3.8, 4) is 0 Å². The first kappa shape index (κ1) is 18.5. The van der Waals surface area contributed by atoms with Gasteiger partial charge in [-0.25, -0.2) is 0 Å². The summed E-state index contributed by atoms with van der Waals surface area (Å²) in [5.41, 5.74) is 0. The van der Waals surface area contributed by atoms with Crippen molar-refractivity contribution in [3.05, 3.63) is 24.3 Å². The van der Waals surface area contributed by atoms with E-state index in [1.54, 1.807) is 0 Å². The summed E-state index contributed by atoms with van der Waals surface area (Å²) in [4.78, 5) is 11.0. The van der Waals surface area contributed by atoms with Gasteiger partial charge in [0.2, 0.25) is 0 Å². The summed E-state index contributed by atoms with van der Waals surface area (Å²) in [6, 6.07) is 0. The number of rotatable bonds is 10. The Balaban J connectivity index is 1.60. The molecule has 0 radical (unpaired) electrons. The lowest BCUT2D eigenvalue weighted by Gasteiger charge is -2.23. The van der Waals surface area contributed by atoms with Gasteiger partial charge >= 0.3 is 5.97 Å². The van der Waals surface area contributed by atoms with Gasteiger partial charge in [-0.15, -0.1) is 11.6 Å². The lowest BCUT2D eigenvalue weighted by atomic mass is 9.90. The highest BCUT2D eigenvalue weighted by Gasteiger charge is 2.55. The van der Waals surface area contributed by atoms with Crippen LogP contribution in [0.15, 0.2) is 24.3 Å². The molecule has 130 valence electrons. The first-order valence-corrected chi connectivity index (χ1v) is 9.29. The van der Waals surface area contributed by atoms with Crippen molar-refractivity contribution in [2.24, 2.45) is 11.8 Å². The Morgan fingerprint density at radius 2 is 2.17 bits per heavy atom. The topological polar surface area (TPSA) is 38.8 Å². The molecule has 2 rings (SSSR count). The van der Waals surface area contributed by atoms with Crippen LogP contribution in [-0.2, 0) is 14.3 Å². The summed E-state index contributed by atoms with van der Waals surface area (Å²) in [5, 5.41) is 0.270. The first-order chi connectivity index (χ1) is 11.2. The predicted octanol–water partition coefficient (Wildman–Crippen LogP) is 4.64. The summed E-state index contributed by atoms with van der Waals surface area (Å²) in [6.07, 6.45) is 16.4. The van der Waals surface area contributed by atoms with Crippen molar-refractivity contribution >= 4 is 17.6 Å². The van der Waals surface area contributed by atoms with Crippen molar-refractivity contribution in [3.63, 3.8) is 0 Å². The van der Waals surface area contributed by atoms with Crippen molar-refractivity contribution < 1.29 is 14.3 Å². The van der Waals surface area contributed by atoms with Crippen molar-refractivity contribution in [1.82, 2.24) is 0 Å². The second kappa shape index (κ2) is 9.48. The van der Waals surface area contributed by atoms with E-state index in [1.807, 2.05) is 0 Å². The number of epoxide rings is 1. The quantitative estimate of drug-likeness (QED) is 0.191. The van der Waals surface area contributed by atoms with Gasteiger partial charge in [0, 0.05) is 17.7 Å². The third-order valence-corrected chi connectivity index (χ3v) is 5.51. The highest BCUT2D eigenvalue weighted by Crippen LogP contribution is 2.50. The maximum Gasteiger partial charge on any atom is 0.305 e. The number of methoxy groups -OCH3 is 1. The largest absolute Gasteiger partial charge is 0.469 e. The van der Waals surface area contributed by atoms with Crippen LogP contribution in [0.2, 0.25) is 0 Å². The van der Waals surface area contributed by atoms with Crippen LogP contribution in [0.3, 0.4) is 0 Å². The van der Waals surface area contributed by atoms with Gasteiger partial charge in [0.05, 0.1) is 19.3 Å². The molecule has 4 heteroatoms. The molecular formula is C19H29ClO3.